The first kappa shape index (κ1) is 18.1. The van der Waals surface area contributed by atoms with Crippen molar-refractivity contribution in [1.29, 1.82) is 0 Å². The summed E-state index contributed by atoms with van der Waals surface area (Å²) in [5.74, 6) is 0.991. The molecule has 0 fully saturated rings. The number of aromatic amines is 2. The standard InChI is InChI=1S/C18H15Cl2N3O3/c1-10-6-12(26-9-11-2-4-13(19)14(20)7-11)3-5-15(10)21-16-8-17(24)23-18(25)22-16/h2-8H,9H2,1H3,(H3,21,22,23,24,25). The van der Waals surface area contributed by atoms with Crippen LogP contribution in [0.25, 0.3) is 0 Å². The average Bonchev–Trinajstić information content (AvgIpc) is 2.57. The van der Waals surface area contributed by atoms with Gasteiger partial charge in [0.1, 0.15) is 18.2 Å². The molecule has 0 aliphatic carbocycles. The summed E-state index contributed by atoms with van der Waals surface area (Å²) in [6.07, 6.45) is 0. The lowest BCUT2D eigenvalue weighted by atomic mass is 10.2. The second-order valence-electron chi connectivity index (χ2n) is 5.64. The van der Waals surface area contributed by atoms with Crippen molar-refractivity contribution < 1.29 is 4.74 Å². The fourth-order valence-electron chi connectivity index (χ4n) is 2.34. The van der Waals surface area contributed by atoms with E-state index in [0.717, 1.165) is 16.8 Å². The van der Waals surface area contributed by atoms with Crippen LogP contribution < -0.4 is 21.3 Å². The average molecular weight is 392 g/mol. The maximum absolute atomic E-state index is 11.4. The summed E-state index contributed by atoms with van der Waals surface area (Å²) in [5, 5.41) is 3.99. The van der Waals surface area contributed by atoms with Crippen LogP contribution in [0.1, 0.15) is 11.1 Å². The Morgan fingerprint density at radius 3 is 2.50 bits per heavy atom. The first-order valence-corrected chi connectivity index (χ1v) is 8.44. The molecule has 0 aliphatic heterocycles. The van der Waals surface area contributed by atoms with Gasteiger partial charge in [-0.1, -0.05) is 29.3 Å². The van der Waals surface area contributed by atoms with E-state index in [-0.39, 0.29) is 0 Å². The topological polar surface area (TPSA) is 87.0 Å². The second kappa shape index (κ2) is 7.68. The van der Waals surface area contributed by atoms with E-state index in [0.29, 0.717) is 28.2 Å². The number of ether oxygens (including phenoxy) is 1. The fraction of sp³-hybridized carbons (Fsp3) is 0.111. The van der Waals surface area contributed by atoms with Crippen LogP contribution in [0.5, 0.6) is 5.75 Å². The third kappa shape index (κ3) is 4.47. The van der Waals surface area contributed by atoms with Crippen LogP contribution in [0, 0.1) is 6.92 Å². The van der Waals surface area contributed by atoms with Crippen LogP contribution in [0.2, 0.25) is 10.0 Å². The number of H-pyrrole nitrogens is 2. The molecule has 3 rings (SSSR count). The van der Waals surface area contributed by atoms with Crippen molar-refractivity contribution in [2.75, 3.05) is 5.32 Å². The minimum absolute atomic E-state index is 0.311. The van der Waals surface area contributed by atoms with E-state index < -0.39 is 11.2 Å². The SMILES string of the molecule is Cc1cc(OCc2ccc(Cl)c(Cl)c2)ccc1Nc1cc(=O)[nH]c(=O)[nH]1. The van der Waals surface area contributed by atoms with Crippen LogP contribution in [0.4, 0.5) is 11.5 Å². The summed E-state index contributed by atoms with van der Waals surface area (Å²) in [7, 11) is 0. The van der Waals surface area contributed by atoms with Gasteiger partial charge in [0.2, 0.25) is 0 Å². The van der Waals surface area contributed by atoms with Gasteiger partial charge in [-0.25, -0.2) is 4.79 Å². The molecule has 1 heterocycles. The van der Waals surface area contributed by atoms with Crippen LogP contribution in [0.15, 0.2) is 52.1 Å². The third-order valence-corrected chi connectivity index (χ3v) is 4.36. The van der Waals surface area contributed by atoms with Gasteiger partial charge in [0.15, 0.2) is 0 Å². The largest absolute Gasteiger partial charge is 0.489 e. The number of hydrogen-bond acceptors (Lipinski definition) is 4. The highest BCUT2D eigenvalue weighted by molar-refractivity contribution is 6.42. The molecule has 134 valence electrons. The molecule has 0 unspecified atom stereocenters. The van der Waals surface area contributed by atoms with Crippen molar-refractivity contribution in [2.24, 2.45) is 0 Å². The van der Waals surface area contributed by atoms with Gasteiger partial charge in [0, 0.05) is 11.8 Å². The molecule has 1 aromatic heterocycles. The van der Waals surface area contributed by atoms with Crippen LogP contribution in [0.3, 0.4) is 0 Å². The molecule has 8 heteroatoms. The van der Waals surface area contributed by atoms with Crippen LogP contribution in [-0.2, 0) is 6.61 Å². The molecule has 0 amide bonds. The molecule has 0 aliphatic rings. The van der Waals surface area contributed by atoms with Crippen molar-refractivity contribution in [1.82, 2.24) is 9.97 Å². The first-order chi connectivity index (χ1) is 12.4. The molecule has 0 saturated heterocycles. The maximum atomic E-state index is 11.4. The van der Waals surface area contributed by atoms with E-state index in [1.165, 1.54) is 6.07 Å². The number of halogens is 2. The van der Waals surface area contributed by atoms with E-state index in [9.17, 15) is 9.59 Å². The molecule has 26 heavy (non-hydrogen) atoms. The van der Waals surface area contributed by atoms with Crippen molar-refractivity contribution in [3.8, 4) is 5.75 Å². The Labute approximate surface area is 158 Å². The monoisotopic (exact) mass is 391 g/mol. The Kier molecular flexibility index (Phi) is 5.35. The number of benzene rings is 2. The number of hydrogen-bond donors (Lipinski definition) is 3. The highest BCUT2D eigenvalue weighted by Crippen LogP contribution is 2.26. The van der Waals surface area contributed by atoms with Gasteiger partial charge in [-0.15, -0.1) is 0 Å². The second-order valence-corrected chi connectivity index (χ2v) is 6.45. The highest BCUT2D eigenvalue weighted by Gasteiger charge is 2.05. The molecule has 0 bridgehead atoms. The van der Waals surface area contributed by atoms with Gasteiger partial charge in [-0.2, -0.15) is 0 Å². The zero-order valence-corrected chi connectivity index (χ0v) is 15.2. The third-order valence-electron chi connectivity index (χ3n) is 3.62. The van der Waals surface area contributed by atoms with Crippen molar-refractivity contribution >= 4 is 34.7 Å². The summed E-state index contributed by atoms with van der Waals surface area (Å²) in [4.78, 5) is 27.3. The minimum Gasteiger partial charge on any atom is -0.489 e. The van der Waals surface area contributed by atoms with E-state index >= 15 is 0 Å². The molecule has 0 radical (unpaired) electrons. The molecule has 3 N–H and O–H groups in total. The summed E-state index contributed by atoms with van der Waals surface area (Å²) in [6, 6.07) is 12.1. The van der Waals surface area contributed by atoms with Crippen LogP contribution in [-0.4, -0.2) is 9.97 Å². The van der Waals surface area contributed by atoms with Crippen molar-refractivity contribution in [2.45, 2.75) is 13.5 Å². The molecular weight excluding hydrogens is 377 g/mol. The zero-order valence-electron chi connectivity index (χ0n) is 13.7. The quantitative estimate of drug-likeness (QED) is 0.613. The zero-order chi connectivity index (χ0) is 18.7. The van der Waals surface area contributed by atoms with Gasteiger partial charge in [-0.05, 0) is 48.4 Å². The Hall–Kier alpha value is -2.70. The van der Waals surface area contributed by atoms with E-state index in [4.69, 9.17) is 27.9 Å². The van der Waals surface area contributed by atoms with E-state index in [2.05, 4.69) is 15.3 Å². The predicted octanol–water partition coefficient (Wildman–Crippen LogP) is 4.00. The smallest absolute Gasteiger partial charge is 0.327 e. The van der Waals surface area contributed by atoms with E-state index in [1.807, 2.05) is 19.1 Å². The summed E-state index contributed by atoms with van der Waals surface area (Å²) in [5.41, 5.74) is 1.49. The van der Waals surface area contributed by atoms with Gasteiger partial charge >= 0.3 is 5.69 Å². The molecule has 0 saturated carbocycles. The lowest BCUT2D eigenvalue weighted by molar-refractivity contribution is 0.306. The summed E-state index contributed by atoms with van der Waals surface area (Å²) < 4.78 is 5.77. The lowest BCUT2D eigenvalue weighted by Crippen LogP contribution is -2.22. The molecule has 6 nitrogen and oxygen atoms in total. The molecule has 2 aromatic carbocycles. The Bertz CT molecular complexity index is 1030. The van der Waals surface area contributed by atoms with E-state index in [1.54, 1.807) is 24.3 Å². The highest BCUT2D eigenvalue weighted by atomic mass is 35.5. The number of aryl methyl sites for hydroxylation is 1. The molecule has 0 atom stereocenters. The fourth-order valence-corrected chi connectivity index (χ4v) is 2.66. The Morgan fingerprint density at radius 2 is 1.81 bits per heavy atom. The minimum atomic E-state index is -0.570. The van der Waals surface area contributed by atoms with Gasteiger partial charge < -0.3 is 10.1 Å². The number of aromatic nitrogens is 2. The molecule has 0 spiro atoms. The Balaban J connectivity index is 1.71. The van der Waals surface area contributed by atoms with Gasteiger partial charge in [0.05, 0.1) is 10.0 Å². The first-order valence-electron chi connectivity index (χ1n) is 7.69. The number of anilines is 2. The summed E-state index contributed by atoms with van der Waals surface area (Å²) in [6.45, 7) is 2.24. The lowest BCUT2D eigenvalue weighted by Gasteiger charge is -2.12. The van der Waals surface area contributed by atoms with Crippen molar-refractivity contribution in [3.63, 3.8) is 0 Å². The predicted molar refractivity (Wildman–Crippen MR) is 103 cm³/mol. The number of nitrogens with one attached hydrogen (secondary N) is 3. The molecule has 3 aromatic rings. The van der Waals surface area contributed by atoms with Crippen molar-refractivity contribution in [3.05, 3.63) is 84.5 Å². The normalized spacial score (nSPS) is 10.6. The number of rotatable bonds is 5. The van der Waals surface area contributed by atoms with Gasteiger partial charge in [0.25, 0.3) is 5.56 Å². The van der Waals surface area contributed by atoms with Gasteiger partial charge in [-0.3, -0.25) is 14.8 Å². The maximum Gasteiger partial charge on any atom is 0.327 e. The van der Waals surface area contributed by atoms with Crippen LogP contribution >= 0.6 is 23.2 Å². The summed E-state index contributed by atoms with van der Waals surface area (Å²) >= 11 is 11.9. The Morgan fingerprint density at radius 1 is 1.00 bits per heavy atom. The molecular formula is C18H15Cl2N3O3.